The van der Waals surface area contributed by atoms with E-state index in [1.807, 2.05) is 6.92 Å². The number of aryl methyl sites for hydroxylation is 1. The second kappa shape index (κ2) is 9.44. The Bertz CT molecular complexity index is 1180. The summed E-state index contributed by atoms with van der Waals surface area (Å²) in [5, 5.41) is 12.0. The third-order valence-corrected chi connectivity index (χ3v) is 7.43. The van der Waals surface area contributed by atoms with Gasteiger partial charge in [0.2, 0.25) is 0 Å². The molecule has 2 aromatic heterocycles. The van der Waals surface area contributed by atoms with Crippen molar-refractivity contribution in [2.45, 2.75) is 37.6 Å². The van der Waals surface area contributed by atoms with Crippen LogP contribution < -0.4 is 0 Å². The molecule has 0 unspecified atom stereocenters. The SMILES string of the molecule is Cc1ccc(S(=O)(=O)Cn2nnnc2[C@@H](C(C)C)N2CCN(C(=O)c3ccco3)CC2)cc1. The van der Waals surface area contributed by atoms with Crippen molar-refractivity contribution in [3.8, 4) is 0 Å². The Hall–Kier alpha value is -3.05. The Kier molecular flexibility index (Phi) is 6.61. The molecule has 1 aromatic carbocycles. The first-order valence-electron chi connectivity index (χ1n) is 10.9. The molecule has 0 spiro atoms. The minimum Gasteiger partial charge on any atom is -0.459 e. The Balaban J connectivity index is 1.50. The molecule has 1 aliphatic rings. The maximum absolute atomic E-state index is 13.0. The zero-order valence-corrected chi connectivity index (χ0v) is 19.8. The van der Waals surface area contributed by atoms with Crippen molar-refractivity contribution in [2.75, 3.05) is 26.2 Å². The third-order valence-electron chi connectivity index (χ3n) is 5.85. The Labute approximate surface area is 193 Å². The Morgan fingerprint density at radius 3 is 2.39 bits per heavy atom. The zero-order valence-electron chi connectivity index (χ0n) is 19.0. The lowest BCUT2D eigenvalue weighted by Crippen LogP contribution is -2.50. The molecule has 3 heterocycles. The van der Waals surface area contributed by atoms with Crippen LogP contribution in [0.1, 0.15) is 41.8 Å². The van der Waals surface area contributed by atoms with Gasteiger partial charge in [-0.3, -0.25) is 9.69 Å². The van der Waals surface area contributed by atoms with Crippen LogP contribution in [0.25, 0.3) is 0 Å². The van der Waals surface area contributed by atoms with Crippen LogP contribution in [0.2, 0.25) is 0 Å². The number of rotatable bonds is 7. The number of piperazine rings is 1. The van der Waals surface area contributed by atoms with E-state index in [0.29, 0.717) is 37.8 Å². The van der Waals surface area contributed by atoms with Gasteiger partial charge in [-0.2, -0.15) is 0 Å². The highest BCUT2D eigenvalue weighted by atomic mass is 32.2. The van der Waals surface area contributed by atoms with E-state index in [-0.39, 0.29) is 28.6 Å². The second-order valence-corrected chi connectivity index (χ2v) is 10.5. The van der Waals surface area contributed by atoms with Crippen molar-refractivity contribution < 1.29 is 17.6 Å². The number of furan rings is 1. The van der Waals surface area contributed by atoms with Crippen LogP contribution in [0.5, 0.6) is 0 Å². The summed E-state index contributed by atoms with van der Waals surface area (Å²) in [6, 6.07) is 9.92. The van der Waals surface area contributed by atoms with E-state index < -0.39 is 9.84 Å². The molecule has 10 nitrogen and oxygen atoms in total. The van der Waals surface area contributed by atoms with Crippen LogP contribution in [-0.4, -0.2) is 70.5 Å². The fraction of sp³-hybridized carbons (Fsp3) is 0.455. The molecule has 0 saturated carbocycles. The van der Waals surface area contributed by atoms with Gasteiger partial charge in [0, 0.05) is 26.2 Å². The van der Waals surface area contributed by atoms with E-state index in [1.54, 1.807) is 41.3 Å². The molecule has 1 fully saturated rings. The van der Waals surface area contributed by atoms with Crippen LogP contribution in [-0.2, 0) is 15.7 Å². The first kappa shape index (κ1) is 23.1. The summed E-state index contributed by atoms with van der Waals surface area (Å²) in [5.41, 5.74) is 0.988. The normalized spacial score (nSPS) is 16.3. The number of hydrogen-bond donors (Lipinski definition) is 0. The molecule has 1 amide bonds. The lowest BCUT2D eigenvalue weighted by Gasteiger charge is -2.39. The van der Waals surface area contributed by atoms with Gasteiger partial charge in [-0.25, -0.2) is 13.1 Å². The van der Waals surface area contributed by atoms with Gasteiger partial charge in [-0.1, -0.05) is 31.5 Å². The third kappa shape index (κ3) is 4.98. The van der Waals surface area contributed by atoms with Gasteiger partial charge < -0.3 is 9.32 Å². The van der Waals surface area contributed by atoms with Gasteiger partial charge in [0.05, 0.1) is 17.2 Å². The summed E-state index contributed by atoms with van der Waals surface area (Å²) in [6.45, 7) is 8.32. The molecule has 0 N–H and O–H groups in total. The van der Waals surface area contributed by atoms with Crippen molar-refractivity contribution in [3.63, 3.8) is 0 Å². The molecular weight excluding hydrogens is 444 g/mol. The lowest BCUT2D eigenvalue weighted by atomic mass is 10.0. The fourth-order valence-corrected chi connectivity index (χ4v) is 5.34. The highest BCUT2D eigenvalue weighted by Crippen LogP contribution is 2.29. The topological polar surface area (TPSA) is 114 Å². The van der Waals surface area contributed by atoms with Crippen molar-refractivity contribution in [2.24, 2.45) is 5.92 Å². The predicted octanol–water partition coefficient (Wildman–Crippen LogP) is 2.16. The molecule has 1 aliphatic heterocycles. The van der Waals surface area contributed by atoms with Crippen LogP contribution in [0.3, 0.4) is 0 Å². The van der Waals surface area contributed by atoms with Crippen LogP contribution in [0.4, 0.5) is 0 Å². The van der Waals surface area contributed by atoms with Crippen molar-refractivity contribution in [1.82, 2.24) is 30.0 Å². The fourth-order valence-electron chi connectivity index (χ4n) is 4.14. The number of amides is 1. The lowest BCUT2D eigenvalue weighted by molar-refractivity contribution is 0.0465. The number of benzene rings is 1. The standard InChI is InChI=1S/C22H28N6O4S/c1-16(2)20(26-10-12-27(13-11-26)22(29)19-5-4-14-32-19)21-23-24-25-28(21)15-33(30,31)18-8-6-17(3)7-9-18/h4-9,14,16,20H,10-13,15H2,1-3H3/t20-/m1/s1. The smallest absolute Gasteiger partial charge is 0.289 e. The van der Waals surface area contributed by atoms with Crippen molar-refractivity contribution in [1.29, 1.82) is 0 Å². The van der Waals surface area contributed by atoms with E-state index >= 15 is 0 Å². The molecule has 4 rings (SSSR count). The molecule has 0 bridgehead atoms. The highest BCUT2D eigenvalue weighted by molar-refractivity contribution is 7.90. The van der Waals surface area contributed by atoms with Gasteiger partial charge in [-0.15, -0.1) is 5.10 Å². The Morgan fingerprint density at radius 1 is 1.09 bits per heavy atom. The molecule has 0 aliphatic carbocycles. The maximum atomic E-state index is 13.0. The van der Waals surface area contributed by atoms with Gasteiger partial charge >= 0.3 is 0 Å². The van der Waals surface area contributed by atoms with E-state index in [4.69, 9.17) is 4.42 Å². The average molecular weight is 473 g/mol. The molecule has 1 atom stereocenters. The number of sulfone groups is 1. The number of tetrazole rings is 1. The number of carbonyl (C=O) groups excluding carboxylic acids is 1. The van der Waals surface area contributed by atoms with E-state index in [1.165, 1.54) is 10.9 Å². The average Bonchev–Trinajstić information content (AvgIpc) is 3.47. The minimum atomic E-state index is -3.62. The first-order chi connectivity index (χ1) is 15.8. The molecule has 0 radical (unpaired) electrons. The summed E-state index contributed by atoms with van der Waals surface area (Å²) >= 11 is 0. The quantitative estimate of drug-likeness (QED) is 0.514. The van der Waals surface area contributed by atoms with Crippen LogP contribution in [0, 0.1) is 12.8 Å². The highest BCUT2D eigenvalue weighted by Gasteiger charge is 2.34. The number of carbonyl (C=O) groups is 1. The van der Waals surface area contributed by atoms with Gasteiger partial charge in [-0.05, 0) is 47.5 Å². The zero-order chi connectivity index (χ0) is 23.6. The summed E-state index contributed by atoms with van der Waals surface area (Å²) < 4.78 is 32.6. The molecule has 1 saturated heterocycles. The van der Waals surface area contributed by atoms with Crippen LogP contribution >= 0.6 is 0 Å². The molecule has 33 heavy (non-hydrogen) atoms. The molecule has 11 heteroatoms. The van der Waals surface area contributed by atoms with Gasteiger partial charge in [0.15, 0.2) is 27.3 Å². The predicted molar refractivity (Wildman–Crippen MR) is 120 cm³/mol. The summed E-state index contributed by atoms with van der Waals surface area (Å²) in [4.78, 5) is 16.8. The van der Waals surface area contributed by atoms with E-state index in [2.05, 4.69) is 34.3 Å². The number of hydrogen-bond acceptors (Lipinski definition) is 8. The maximum Gasteiger partial charge on any atom is 0.289 e. The number of aromatic nitrogens is 4. The monoisotopic (exact) mass is 472 g/mol. The minimum absolute atomic E-state index is 0.129. The van der Waals surface area contributed by atoms with Crippen molar-refractivity contribution in [3.05, 3.63) is 59.8 Å². The first-order valence-corrected chi connectivity index (χ1v) is 12.5. The van der Waals surface area contributed by atoms with Crippen molar-refractivity contribution >= 4 is 15.7 Å². The largest absolute Gasteiger partial charge is 0.459 e. The summed E-state index contributed by atoms with van der Waals surface area (Å²) in [6.07, 6.45) is 1.49. The van der Waals surface area contributed by atoms with Gasteiger partial charge in [0.25, 0.3) is 5.91 Å². The van der Waals surface area contributed by atoms with Crippen LogP contribution in [0.15, 0.2) is 52.0 Å². The summed E-state index contributed by atoms with van der Waals surface area (Å²) in [7, 11) is -3.62. The molecule has 176 valence electrons. The van der Waals surface area contributed by atoms with Gasteiger partial charge in [0.1, 0.15) is 0 Å². The molecular formula is C22H28N6O4S. The second-order valence-electron chi connectivity index (χ2n) is 8.59. The summed E-state index contributed by atoms with van der Waals surface area (Å²) in [5.74, 6) is 0.498. The molecule has 3 aromatic rings. The van der Waals surface area contributed by atoms with E-state index in [9.17, 15) is 13.2 Å². The van der Waals surface area contributed by atoms with E-state index in [0.717, 1.165) is 5.56 Å². The Morgan fingerprint density at radius 2 is 1.79 bits per heavy atom. The number of nitrogens with zero attached hydrogens (tertiary/aromatic N) is 6.